The molecule has 0 radical (unpaired) electrons. The highest BCUT2D eigenvalue weighted by atomic mass is 32.2. The summed E-state index contributed by atoms with van der Waals surface area (Å²) in [5.41, 5.74) is 1.41. The average molecular weight is 364 g/mol. The van der Waals surface area contributed by atoms with Crippen molar-refractivity contribution in [3.8, 4) is 11.5 Å². The van der Waals surface area contributed by atoms with Crippen molar-refractivity contribution in [1.29, 1.82) is 0 Å². The first kappa shape index (κ1) is 16.5. The van der Waals surface area contributed by atoms with Crippen LogP contribution in [0.5, 0.6) is 11.5 Å². The topological polar surface area (TPSA) is 68.3 Å². The van der Waals surface area contributed by atoms with Gasteiger partial charge in [-0.25, -0.2) is 0 Å². The Balaban J connectivity index is 1.66. The standard InChI is InChI=1S/C17H20N2O5S/c1-22-12-4-3-10-13(14(12)23-2)16(21)19-11(9-25-17(10)19)15(20)18-5-7-24-8-6-18/h3-4,11,17H,5-9H2,1-2H3/t11-,17-/m0/s1. The van der Waals surface area contributed by atoms with Gasteiger partial charge in [-0.15, -0.1) is 11.8 Å². The molecular formula is C17H20N2O5S. The number of ether oxygens (including phenoxy) is 3. The maximum absolute atomic E-state index is 13.1. The summed E-state index contributed by atoms with van der Waals surface area (Å²) in [4.78, 5) is 29.5. The van der Waals surface area contributed by atoms with Crippen LogP contribution in [0, 0.1) is 0 Å². The number of carbonyl (C=O) groups is 2. The molecule has 2 fully saturated rings. The molecule has 3 aliphatic heterocycles. The summed E-state index contributed by atoms with van der Waals surface area (Å²) in [5, 5.41) is -0.141. The fourth-order valence-corrected chi connectivity index (χ4v) is 5.12. The second-order valence-corrected chi connectivity index (χ2v) is 7.23. The monoisotopic (exact) mass is 364 g/mol. The van der Waals surface area contributed by atoms with E-state index < -0.39 is 6.04 Å². The largest absolute Gasteiger partial charge is 0.493 e. The van der Waals surface area contributed by atoms with E-state index in [-0.39, 0.29) is 17.2 Å². The Labute approximate surface area is 150 Å². The SMILES string of the molecule is COc1ccc2c(c1OC)C(=O)N1[C@H](C(=O)N3CCOCC3)CS[C@@H]21. The number of hydrogen-bond donors (Lipinski definition) is 0. The van der Waals surface area contributed by atoms with Gasteiger partial charge in [-0.05, 0) is 6.07 Å². The normalized spacial score (nSPS) is 25.0. The minimum atomic E-state index is -0.441. The molecule has 7 nitrogen and oxygen atoms in total. The van der Waals surface area contributed by atoms with Gasteiger partial charge >= 0.3 is 0 Å². The third kappa shape index (κ3) is 2.46. The second-order valence-electron chi connectivity index (χ2n) is 6.12. The molecule has 8 heteroatoms. The van der Waals surface area contributed by atoms with Crippen molar-refractivity contribution in [2.45, 2.75) is 11.4 Å². The first-order valence-corrected chi connectivity index (χ1v) is 9.28. The maximum Gasteiger partial charge on any atom is 0.260 e. The zero-order valence-electron chi connectivity index (χ0n) is 14.2. The molecule has 0 saturated carbocycles. The van der Waals surface area contributed by atoms with E-state index in [1.165, 1.54) is 7.11 Å². The van der Waals surface area contributed by atoms with E-state index in [4.69, 9.17) is 14.2 Å². The molecule has 2 atom stereocenters. The summed E-state index contributed by atoms with van der Waals surface area (Å²) >= 11 is 1.62. The van der Waals surface area contributed by atoms with E-state index in [9.17, 15) is 9.59 Å². The van der Waals surface area contributed by atoms with Crippen LogP contribution in [0.3, 0.4) is 0 Å². The van der Waals surface area contributed by atoms with Gasteiger partial charge in [0.05, 0.1) is 33.0 Å². The highest BCUT2D eigenvalue weighted by Crippen LogP contribution is 2.52. The number of carbonyl (C=O) groups excluding carboxylic acids is 2. The number of thioether (sulfide) groups is 1. The van der Waals surface area contributed by atoms with E-state index in [0.717, 1.165) is 5.56 Å². The lowest BCUT2D eigenvalue weighted by atomic mass is 10.1. The molecule has 4 rings (SSSR count). The van der Waals surface area contributed by atoms with E-state index in [1.54, 1.807) is 28.7 Å². The fourth-order valence-electron chi connectivity index (χ4n) is 3.68. The maximum atomic E-state index is 13.1. The van der Waals surface area contributed by atoms with E-state index in [1.807, 2.05) is 12.1 Å². The highest BCUT2D eigenvalue weighted by Gasteiger charge is 2.51. The van der Waals surface area contributed by atoms with Crippen LogP contribution in [-0.4, -0.2) is 73.9 Å². The summed E-state index contributed by atoms with van der Waals surface area (Å²) in [6.45, 7) is 2.26. The Kier molecular flexibility index (Phi) is 4.24. The van der Waals surface area contributed by atoms with Crippen LogP contribution >= 0.6 is 11.8 Å². The minimum Gasteiger partial charge on any atom is -0.493 e. The van der Waals surface area contributed by atoms with Crippen LogP contribution < -0.4 is 9.47 Å². The van der Waals surface area contributed by atoms with Crippen LogP contribution in [0.2, 0.25) is 0 Å². The number of methoxy groups -OCH3 is 2. The summed E-state index contributed by atoms with van der Waals surface area (Å²) in [7, 11) is 3.07. The first-order chi connectivity index (χ1) is 12.2. The molecule has 1 aromatic rings. The van der Waals surface area contributed by atoms with Crippen LogP contribution in [0.4, 0.5) is 0 Å². The molecule has 1 aromatic carbocycles. The first-order valence-electron chi connectivity index (χ1n) is 8.23. The second kappa shape index (κ2) is 6.42. The lowest BCUT2D eigenvalue weighted by molar-refractivity contribution is -0.139. The molecule has 0 aliphatic carbocycles. The average Bonchev–Trinajstić information content (AvgIpc) is 3.21. The molecule has 0 unspecified atom stereocenters. The molecule has 134 valence electrons. The van der Waals surface area contributed by atoms with Crippen molar-refractivity contribution in [1.82, 2.24) is 9.80 Å². The lowest BCUT2D eigenvalue weighted by Crippen LogP contribution is -2.51. The minimum absolute atomic E-state index is 0.00499. The molecule has 3 heterocycles. The number of benzene rings is 1. The van der Waals surface area contributed by atoms with E-state index in [2.05, 4.69) is 0 Å². The van der Waals surface area contributed by atoms with Gasteiger partial charge in [0, 0.05) is 24.4 Å². The van der Waals surface area contributed by atoms with Gasteiger partial charge in [0.15, 0.2) is 11.5 Å². The van der Waals surface area contributed by atoms with Crippen LogP contribution in [0.1, 0.15) is 21.3 Å². The number of hydrogen-bond acceptors (Lipinski definition) is 6. The number of nitrogens with zero attached hydrogens (tertiary/aromatic N) is 2. The number of fused-ring (bicyclic) bond motifs is 3. The Bertz CT molecular complexity index is 719. The van der Waals surface area contributed by atoms with Gasteiger partial charge in [-0.2, -0.15) is 0 Å². The molecule has 2 saturated heterocycles. The molecule has 2 amide bonds. The van der Waals surface area contributed by atoms with Gasteiger partial charge < -0.3 is 24.0 Å². The van der Waals surface area contributed by atoms with Crippen molar-refractivity contribution in [3.05, 3.63) is 23.3 Å². The molecular weight excluding hydrogens is 344 g/mol. The Hall–Kier alpha value is -1.93. The summed E-state index contributed by atoms with van der Waals surface area (Å²) < 4.78 is 16.1. The molecule has 0 aromatic heterocycles. The smallest absolute Gasteiger partial charge is 0.260 e. The molecule has 0 bridgehead atoms. The Morgan fingerprint density at radius 3 is 2.68 bits per heavy atom. The third-order valence-electron chi connectivity index (χ3n) is 4.90. The predicted octanol–water partition coefficient (Wildman–Crippen LogP) is 1.13. The summed E-state index contributed by atoms with van der Waals surface area (Å²) in [5.74, 6) is 1.42. The summed E-state index contributed by atoms with van der Waals surface area (Å²) in [6.07, 6.45) is 0. The van der Waals surface area contributed by atoms with Gasteiger partial charge in [0.2, 0.25) is 5.91 Å². The van der Waals surface area contributed by atoms with Crippen LogP contribution in [0.25, 0.3) is 0 Å². The van der Waals surface area contributed by atoms with Crippen LogP contribution in [0.15, 0.2) is 12.1 Å². The van der Waals surface area contributed by atoms with Gasteiger partial charge in [0.25, 0.3) is 5.91 Å². The van der Waals surface area contributed by atoms with Gasteiger partial charge in [-0.3, -0.25) is 9.59 Å². The van der Waals surface area contributed by atoms with Crippen molar-refractivity contribution in [2.75, 3.05) is 46.3 Å². The zero-order valence-corrected chi connectivity index (χ0v) is 15.0. The van der Waals surface area contributed by atoms with Crippen molar-refractivity contribution >= 4 is 23.6 Å². The van der Waals surface area contributed by atoms with E-state index in [0.29, 0.717) is 49.1 Å². The van der Waals surface area contributed by atoms with Gasteiger partial charge in [0.1, 0.15) is 11.4 Å². The third-order valence-corrected chi connectivity index (χ3v) is 6.21. The molecule has 25 heavy (non-hydrogen) atoms. The quantitative estimate of drug-likeness (QED) is 0.801. The Morgan fingerprint density at radius 2 is 2.00 bits per heavy atom. The van der Waals surface area contributed by atoms with Gasteiger partial charge in [-0.1, -0.05) is 6.07 Å². The molecule has 0 N–H and O–H groups in total. The van der Waals surface area contributed by atoms with Crippen molar-refractivity contribution < 1.29 is 23.8 Å². The lowest BCUT2D eigenvalue weighted by Gasteiger charge is -2.32. The summed E-state index contributed by atoms with van der Waals surface area (Å²) in [6, 6.07) is 3.27. The van der Waals surface area contributed by atoms with Crippen molar-refractivity contribution in [2.24, 2.45) is 0 Å². The number of rotatable bonds is 3. The van der Waals surface area contributed by atoms with Crippen molar-refractivity contribution in [3.63, 3.8) is 0 Å². The van der Waals surface area contributed by atoms with Crippen LogP contribution in [-0.2, 0) is 9.53 Å². The predicted molar refractivity (Wildman–Crippen MR) is 92.1 cm³/mol. The highest BCUT2D eigenvalue weighted by molar-refractivity contribution is 7.99. The molecule has 0 spiro atoms. The van der Waals surface area contributed by atoms with E-state index >= 15 is 0 Å². The number of amides is 2. The Morgan fingerprint density at radius 1 is 1.24 bits per heavy atom. The number of morpholine rings is 1. The molecule has 3 aliphatic rings. The zero-order chi connectivity index (χ0) is 17.6. The fraction of sp³-hybridized carbons (Fsp3) is 0.529.